The summed E-state index contributed by atoms with van der Waals surface area (Å²) in [6.45, 7) is 12.0. The summed E-state index contributed by atoms with van der Waals surface area (Å²) in [6.07, 6.45) is 2.98. The van der Waals surface area contributed by atoms with Gasteiger partial charge < -0.3 is 33.7 Å². The van der Waals surface area contributed by atoms with E-state index in [1.807, 2.05) is 39.8 Å². The Hall–Kier alpha value is -4.40. The van der Waals surface area contributed by atoms with Crippen LogP contribution in [0.15, 0.2) is 48.8 Å². The number of carbonyl (C=O) groups is 2. The zero-order valence-corrected chi connectivity index (χ0v) is 32.6. The predicted molar refractivity (Wildman–Crippen MR) is 208 cm³/mol. The number of pyridine rings is 2. The van der Waals surface area contributed by atoms with Crippen molar-refractivity contribution in [3.63, 3.8) is 0 Å². The van der Waals surface area contributed by atoms with E-state index in [4.69, 9.17) is 23.7 Å². The Morgan fingerprint density at radius 2 is 1.21 bits per heavy atom. The van der Waals surface area contributed by atoms with Crippen LogP contribution in [0.3, 0.4) is 0 Å². The Bertz CT molecular complexity index is 2240. The first-order valence-corrected chi connectivity index (χ1v) is 18.8. The van der Waals surface area contributed by atoms with E-state index in [0.717, 1.165) is 98.5 Å². The minimum absolute atomic E-state index is 0.202. The molecule has 0 unspecified atom stereocenters. The van der Waals surface area contributed by atoms with Gasteiger partial charge in [0.05, 0.1) is 62.1 Å². The summed E-state index contributed by atoms with van der Waals surface area (Å²) in [5.41, 5.74) is 8.30. The number of ether oxygens (including phenoxy) is 5. The fraction of sp³-hybridized carbons (Fsp3) is 0.400. The van der Waals surface area contributed by atoms with Crippen molar-refractivity contribution in [3.05, 3.63) is 82.4 Å². The molecule has 13 heteroatoms. The molecule has 1 saturated heterocycles. The molecular weight excluding hydrogens is 742 g/mol. The van der Waals surface area contributed by atoms with E-state index >= 15 is 0 Å². The maximum absolute atomic E-state index is 12.7. The van der Waals surface area contributed by atoms with E-state index in [1.165, 1.54) is 5.56 Å². The molecule has 4 aromatic heterocycles. The zero-order valence-electron chi connectivity index (χ0n) is 31.0. The summed E-state index contributed by atoms with van der Waals surface area (Å²) in [5, 5.41) is 4.86. The van der Waals surface area contributed by atoms with Gasteiger partial charge in [-0.3, -0.25) is 4.90 Å². The highest BCUT2D eigenvalue weighted by molar-refractivity contribution is 9.08. The highest BCUT2D eigenvalue weighted by Crippen LogP contribution is 2.35. The standard InChI is InChI=1S/C22H27N3O4.C18H19BrN2O3/c1-14(2)29-22(26)21-16(13-27-3)20-18(11-23-21)24-17-6-4-5-15(19(17)20)12-25-7-9-28-10-8-25;1-10(2)24-18(22)17-12(9-23-3)16-14(8-20-17)21-13-6-4-5-11(7-19)15(13)16/h4-6,11,14,24H,7-10,12-13H2,1-3H3;4-6,8,10,21H,7,9H2,1-3H3. The number of morpholine rings is 1. The van der Waals surface area contributed by atoms with E-state index in [1.54, 1.807) is 26.6 Å². The van der Waals surface area contributed by atoms with Crippen molar-refractivity contribution in [2.45, 2.75) is 65.0 Å². The zero-order chi connectivity index (χ0) is 37.6. The lowest BCUT2D eigenvalue weighted by Gasteiger charge is -2.27. The molecule has 280 valence electrons. The molecule has 12 nitrogen and oxygen atoms in total. The second kappa shape index (κ2) is 17.2. The lowest BCUT2D eigenvalue weighted by Crippen LogP contribution is -2.35. The molecule has 6 aromatic rings. The second-order valence-corrected chi connectivity index (χ2v) is 14.0. The number of hydrogen-bond acceptors (Lipinski definition) is 10. The Morgan fingerprint density at radius 1 is 0.736 bits per heavy atom. The number of H-pyrrole nitrogens is 2. The third kappa shape index (κ3) is 8.24. The molecule has 0 atom stereocenters. The van der Waals surface area contributed by atoms with Gasteiger partial charge in [0, 0.05) is 82.9 Å². The molecule has 0 amide bonds. The van der Waals surface area contributed by atoms with E-state index in [2.05, 4.69) is 65.0 Å². The van der Waals surface area contributed by atoms with Crippen LogP contribution in [0, 0.1) is 0 Å². The van der Waals surface area contributed by atoms with Crippen molar-refractivity contribution >= 4 is 71.5 Å². The van der Waals surface area contributed by atoms with Gasteiger partial charge in [-0.15, -0.1) is 0 Å². The van der Waals surface area contributed by atoms with Gasteiger partial charge in [0.1, 0.15) is 0 Å². The molecule has 0 spiro atoms. The molecule has 0 saturated carbocycles. The van der Waals surface area contributed by atoms with Gasteiger partial charge in [-0.2, -0.15) is 0 Å². The van der Waals surface area contributed by atoms with Gasteiger partial charge in [0.25, 0.3) is 0 Å². The molecule has 2 aromatic carbocycles. The maximum atomic E-state index is 12.7. The number of fused-ring (bicyclic) bond motifs is 6. The van der Waals surface area contributed by atoms with Crippen LogP contribution in [0.4, 0.5) is 0 Å². The Morgan fingerprint density at radius 3 is 1.66 bits per heavy atom. The summed E-state index contributed by atoms with van der Waals surface area (Å²) in [6, 6.07) is 12.4. The van der Waals surface area contributed by atoms with E-state index in [9.17, 15) is 9.59 Å². The summed E-state index contributed by atoms with van der Waals surface area (Å²) in [5.74, 6) is -0.849. The molecule has 5 heterocycles. The first kappa shape index (κ1) is 38.3. The number of benzene rings is 2. The number of nitrogens with one attached hydrogen (secondary N) is 2. The quantitative estimate of drug-likeness (QED) is 0.0998. The van der Waals surface area contributed by atoms with E-state index < -0.39 is 11.9 Å². The Kier molecular flexibility index (Phi) is 12.4. The summed E-state index contributed by atoms with van der Waals surface area (Å²) in [7, 11) is 3.23. The normalized spacial score (nSPS) is 13.7. The number of carbonyl (C=O) groups excluding carboxylic acids is 2. The van der Waals surface area contributed by atoms with Gasteiger partial charge in [0.15, 0.2) is 11.4 Å². The van der Waals surface area contributed by atoms with Crippen LogP contribution < -0.4 is 0 Å². The van der Waals surface area contributed by atoms with E-state index in [0.29, 0.717) is 11.4 Å². The molecule has 1 aliphatic rings. The molecule has 1 fully saturated rings. The highest BCUT2D eigenvalue weighted by Gasteiger charge is 2.24. The number of methoxy groups -OCH3 is 2. The van der Waals surface area contributed by atoms with Gasteiger partial charge >= 0.3 is 11.9 Å². The first-order valence-electron chi connectivity index (χ1n) is 17.7. The average molecular weight is 789 g/mol. The number of esters is 2. The smallest absolute Gasteiger partial charge is 0.357 e. The molecule has 7 rings (SSSR count). The minimum atomic E-state index is -0.426. The minimum Gasteiger partial charge on any atom is -0.458 e. The summed E-state index contributed by atoms with van der Waals surface area (Å²) < 4.78 is 27.0. The average Bonchev–Trinajstić information content (AvgIpc) is 3.72. The van der Waals surface area contributed by atoms with Gasteiger partial charge in [-0.05, 0) is 51.0 Å². The molecule has 2 N–H and O–H groups in total. The molecule has 1 aliphatic heterocycles. The van der Waals surface area contributed by atoms with Crippen LogP contribution in [0.25, 0.3) is 43.6 Å². The SMILES string of the molecule is COCc1c(C(=O)OC(C)C)ncc2[nH]c3cccc(CBr)c3c12.COCc1c(C(=O)OC(C)C)ncc2[nH]c3cccc(CN4CCOCC4)c3c12. The largest absolute Gasteiger partial charge is 0.458 e. The third-order valence-electron chi connectivity index (χ3n) is 8.99. The number of hydrogen-bond donors (Lipinski definition) is 2. The van der Waals surface area contributed by atoms with Crippen LogP contribution in [-0.4, -0.2) is 89.5 Å². The van der Waals surface area contributed by atoms with Gasteiger partial charge in [0.2, 0.25) is 0 Å². The number of aromatic amines is 2. The maximum Gasteiger partial charge on any atom is 0.357 e. The predicted octanol–water partition coefficient (Wildman–Crippen LogP) is 7.58. The fourth-order valence-corrected chi connectivity index (χ4v) is 7.33. The number of rotatable bonds is 11. The van der Waals surface area contributed by atoms with Crippen molar-refractivity contribution < 1.29 is 33.3 Å². The lowest BCUT2D eigenvalue weighted by molar-refractivity contribution is 0.0343. The molecular formula is C40H46BrN5O7. The Labute approximate surface area is 316 Å². The topological polar surface area (TPSA) is 141 Å². The van der Waals surface area contributed by atoms with Crippen LogP contribution in [0.1, 0.15) is 70.9 Å². The van der Waals surface area contributed by atoms with Gasteiger partial charge in [-0.1, -0.05) is 40.2 Å². The van der Waals surface area contributed by atoms with Crippen LogP contribution >= 0.6 is 15.9 Å². The monoisotopic (exact) mass is 787 g/mol. The number of nitrogens with zero attached hydrogens (tertiary/aromatic N) is 3. The number of alkyl halides is 1. The van der Waals surface area contributed by atoms with Crippen molar-refractivity contribution in [1.29, 1.82) is 0 Å². The molecule has 0 bridgehead atoms. The summed E-state index contributed by atoms with van der Waals surface area (Å²) in [4.78, 5) is 43.1. The molecule has 0 radical (unpaired) electrons. The van der Waals surface area contributed by atoms with Crippen LogP contribution in [0.2, 0.25) is 0 Å². The van der Waals surface area contributed by atoms with Gasteiger partial charge in [-0.25, -0.2) is 19.6 Å². The fourth-order valence-electron chi connectivity index (χ4n) is 6.86. The summed E-state index contributed by atoms with van der Waals surface area (Å²) >= 11 is 3.54. The van der Waals surface area contributed by atoms with Crippen molar-refractivity contribution in [3.8, 4) is 0 Å². The second-order valence-electron chi connectivity index (χ2n) is 13.5. The molecule has 53 heavy (non-hydrogen) atoms. The third-order valence-corrected chi connectivity index (χ3v) is 9.59. The molecule has 0 aliphatic carbocycles. The van der Waals surface area contributed by atoms with Crippen molar-refractivity contribution in [1.82, 2.24) is 24.8 Å². The van der Waals surface area contributed by atoms with Crippen LogP contribution in [0.5, 0.6) is 0 Å². The Balaban J connectivity index is 0.000000185. The number of halogens is 1. The first-order chi connectivity index (χ1) is 25.6. The van der Waals surface area contributed by atoms with Crippen molar-refractivity contribution in [2.24, 2.45) is 0 Å². The highest BCUT2D eigenvalue weighted by atomic mass is 79.9. The van der Waals surface area contributed by atoms with Crippen molar-refractivity contribution in [2.75, 3.05) is 40.5 Å². The van der Waals surface area contributed by atoms with Crippen LogP contribution in [-0.2, 0) is 48.8 Å². The van der Waals surface area contributed by atoms with E-state index in [-0.39, 0.29) is 25.4 Å². The number of aromatic nitrogens is 4. The lowest BCUT2D eigenvalue weighted by atomic mass is 10.0.